The number of piperidine rings is 1. The first-order chi connectivity index (χ1) is 14.4. The fourth-order valence-corrected chi connectivity index (χ4v) is 3.53. The van der Waals surface area contributed by atoms with Crippen molar-refractivity contribution < 1.29 is 27.8 Å². The second-order valence-electron chi connectivity index (χ2n) is 6.81. The molecule has 2 aromatic carbocycles. The van der Waals surface area contributed by atoms with E-state index in [9.17, 15) is 18.4 Å². The van der Waals surface area contributed by atoms with Crippen LogP contribution < -0.4 is 14.8 Å². The molecule has 6 nitrogen and oxygen atoms in total. The highest BCUT2D eigenvalue weighted by Gasteiger charge is 2.28. The molecule has 2 aromatic rings. The number of hydrogen-bond acceptors (Lipinski definition) is 4. The largest absolute Gasteiger partial charge is 0.497 e. The first-order valence-electron chi connectivity index (χ1n) is 9.36. The summed E-state index contributed by atoms with van der Waals surface area (Å²) in [5, 5.41) is 2.65. The molecule has 1 saturated heterocycles. The highest BCUT2D eigenvalue weighted by molar-refractivity contribution is 6.32. The molecule has 1 aliphatic rings. The van der Waals surface area contributed by atoms with Crippen LogP contribution in [0.3, 0.4) is 0 Å². The first kappa shape index (κ1) is 21.8. The van der Waals surface area contributed by atoms with Crippen LogP contribution in [-0.4, -0.2) is 43.5 Å². The molecule has 160 valence electrons. The van der Waals surface area contributed by atoms with Crippen molar-refractivity contribution in [3.63, 3.8) is 0 Å². The number of nitrogens with one attached hydrogen (secondary N) is 1. The van der Waals surface area contributed by atoms with Crippen molar-refractivity contribution in [1.29, 1.82) is 0 Å². The van der Waals surface area contributed by atoms with Crippen LogP contribution in [0.2, 0.25) is 5.02 Å². The lowest BCUT2D eigenvalue weighted by molar-refractivity contribution is -0.0497. The molecule has 1 aliphatic heterocycles. The van der Waals surface area contributed by atoms with E-state index in [4.69, 9.17) is 16.3 Å². The number of methoxy groups -OCH3 is 1. The molecule has 0 aliphatic carbocycles. The maximum absolute atomic E-state index is 12.7. The van der Waals surface area contributed by atoms with Crippen LogP contribution in [0.25, 0.3) is 0 Å². The van der Waals surface area contributed by atoms with E-state index in [0.717, 1.165) is 0 Å². The van der Waals surface area contributed by atoms with Gasteiger partial charge in [-0.05, 0) is 55.3 Å². The molecule has 30 heavy (non-hydrogen) atoms. The Labute approximate surface area is 177 Å². The zero-order chi connectivity index (χ0) is 21.7. The number of likely N-dealkylation sites (tertiary alicyclic amines) is 1. The second-order valence-corrected chi connectivity index (χ2v) is 7.22. The Kier molecular flexibility index (Phi) is 7.10. The number of urea groups is 1. The van der Waals surface area contributed by atoms with Crippen LogP contribution in [0.5, 0.6) is 11.5 Å². The third-order valence-corrected chi connectivity index (χ3v) is 5.22. The summed E-state index contributed by atoms with van der Waals surface area (Å²) in [6.45, 7) is -2.12. The molecular weight excluding hydrogens is 418 g/mol. The van der Waals surface area contributed by atoms with Gasteiger partial charge in [0.05, 0.1) is 12.1 Å². The van der Waals surface area contributed by atoms with E-state index in [2.05, 4.69) is 10.1 Å². The summed E-state index contributed by atoms with van der Waals surface area (Å²) < 4.78 is 34.0. The van der Waals surface area contributed by atoms with Gasteiger partial charge in [0.15, 0.2) is 5.78 Å². The number of alkyl halides is 2. The minimum Gasteiger partial charge on any atom is -0.497 e. The lowest BCUT2D eigenvalue weighted by Crippen LogP contribution is -2.42. The number of halogens is 3. The highest BCUT2D eigenvalue weighted by Crippen LogP contribution is 2.29. The number of ketones is 1. The third kappa shape index (κ3) is 5.38. The lowest BCUT2D eigenvalue weighted by atomic mass is 9.89. The van der Waals surface area contributed by atoms with E-state index in [1.807, 2.05) is 0 Å². The van der Waals surface area contributed by atoms with E-state index in [-0.39, 0.29) is 28.5 Å². The molecule has 2 amide bonds. The number of nitrogens with zero attached hydrogens (tertiary/aromatic N) is 1. The van der Waals surface area contributed by atoms with Gasteiger partial charge in [0.25, 0.3) is 0 Å². The summed E-state index contributed by atoms with van der Waals surface area (Å²) in [5.74, 6) is 0.427. The number of rotatable bonds is 6. The Balaban J connectivity index is 1.53. The van der Waals surface area contributed by atoms with Gasteiger partial charge in [-0.2, -0.15) is 8.78 Å². The lowest BCUT2D eigenvalue weighted by Gasteiger charge is -2.31. The van der Waals surface area contributed by atoms with Crippen LogP contribution in [0.15, 0.2) is 42.5 Å². The van der Waals surface area contributed by atoms with Gasteiger partial charge in [0, 0.05) is 30.3 Å². The number of anilines is 1. The molecule has 0 radical (unpaired) electrons. The Morgan fingerprint density at radius 1 is 1.13 bits per heavy atom. The van der Waals surface area contributed by atoms with Crippen LogP contribution in [-0.2, 0) is 0 Å². The van der Waals surface area contributed by atoms with E-state index in [1.54, 1.807) is 36.3 Å². The Morgan fingerprint density at radius 2 is 1.80 bits per heavy atom. The summed E-state index contributed by atoms with van der Waals surface area (Å²) in [5.41, 5.74) is 0.988. The Hall–Kier alpha value is -2.87. The van der Waals surface area contributed by atoms with Crippen LogP contribution in [0.1, 0.15) is 23.2 Å². The topological polar surface area (TPSA) is 67.9 Å². The molecule has 1 heterocycles. The number of hydrogen-bond donors (Lipinski definition) is 1. The molecule has 1 fully saturated rings. The van der Waals surface area contributed by atoms with Crippen LogP contribution in [0.4, 0.5) is 19.3 Å². The van der Waals surface area contributed by atoms with Crippen molar-refractivity contribution in [3.05, 3.63) is 53.1 Å². The van der Waals surface area contributed by atoms with Gasteiger partial charge < -0.3 is 19.7 Å². The molecule has 0 aromatic heterocycles. The fraction of sp³-hybridized carbons (Fsp3) is 0.333. The zero-order valence-electron chi connectivity index (χ0n) is 16.2. The Bertz CT molecular complexity index is 900. The van der Waals surface area contributed by atoms with E-state index >= 15 is 0 Å². The smallest absolute Gasteiger partial charge is 0.387 e. The monoisotopic (exact) mass is 438 g/mol. The number of carbonyl (C=O) groups excluding carboxylic acids is 2. The van der Waals surface area contributed by atoms with Gasteiger partial charge in [0.2, 0.25) is 0 Å². The van der Waals surface area contributed by atoms with Crippen molar-refractivity contribution in [2.75, 3.05) is 25.5 Å². The average molecular weight is 439 g/mol. The maximum atomic E-state index is 12.7. The molecule has 9 heteroatoms. The fourth-order valence-electron chi connectivity index (χ4n) is 3.31. The van der Waals surface area contributed by atoms with Gasteiger partial charge >= 0.3 is 12.6 Å². The van der Waals surface area contributed by atoms with Crippen LogP contribution in [0, 0.1) is 5.92 Å². The summed E-state index contributed by atoms with van der Waals surface area (Å²) in [7, 11) is 1.57. The predicted octanol–water partition coefficient (Wildman–Crippen LogP) is 5.08. The molecular formula is C21H21ClF2N2O4. The maximum Gasteiger partial charge on any atom is 0.387 e. The van der Waals surface area contributed by atoms with E-state index < -0.39 is 6.61 Å². The average Bonchev–Trinajstić information content (AvgIpc) is 2.75. The quantitative estimate of drug-likeness (QED) is 0.639. The summed E-state index contributed by atoms with van der Waals surface area (Å²) in [6, 6.07) is 10.7. The zero-order valence-corrected chi connectivity index (χ0v) is 17.0. The van der Waals surface area contributed by atoms with E-state index in [0.29, 0.717) is 42.9 Å². The van der Waals surface area contributed by atoms with Gasteiger partial charge in [-0.25, -0.2) is 4.79 Å². The molecule has 0 atom stereocenters. The minimum atomic E-state index is -2.98. The van der Waals surface area contributed by atoms with Crippen molar-refractivity contribution in [2.24, 2.45) is 5.92 Å². The molecule has 3 rings (SSSR count). The number of amides is 2. The van der Waals surface area contributed by atoms with Crippen LogP contribution >= 0.6 is 11.6 Å². The third-order valence-electron chi connectivity index (χ3n) is 4.93. The second kappa shape index (κ2) is 9.75. The summed E-state index contributed by atoms with van der Waals surface area (Å²) in [4.78, 5) is 26.8. The van der Waals surface area contributed by atoms with Crippen molar-refractivity contribution >= 4 is 29.1 Å². The minimum absolute atomic E-state index is 0.0307. The van der Waals surface area contributed by atoms with Crippen molar-refractivity contribution in [3.8, 4) is 11.5 Å². The molecule has 0 unspecified atom stereocenters. The first-order valence-corrected chi connectivity index (χ1v) is 9.73. The number of ether oxygens (including phenoxy) is 2. The van der Waals surface area contributed by atoms with E-state index in [1.165, 1.54) is 18.2 Å². The molecule has 0 saturated carbocycles. The predicted molar refractivity (Wildman–Crippen MR) is 109 cm³/mol. The van der Waals surface area contributed by atoms with Crippen molar-refractivity contribution in [2.45, 2.75) is 19.5 Å². The number of carbonyl (C=O) groups is 2. The molecule has 0 bridgehead atoms. The summed E-state index contributed by atoms with van der Waals surface area (Å²) in [6.07, 6.45) is 1.11. The molecule has 1 N–H and O–H groups in total. The van der Waals surface area contributed by atoms with Crippen molar-refractivity contribution in [1.82, 2.24) is 4.90 Å². The highest BCUT2D eigenvalue weighted by atomic mass is 35.5. The number of benzene rings is 2. The summed E-state index contributed by atoms with van der Waals surface area (Å²) >= 11 is 5.91. The van der Waals surface area contributed by atoms with Gasteiger partial charge in [-0.15, -0.1) is 0 Å². The normalized spacial score (nSPS) is 14.5. The Morgan fingerprint density at radius 3 is 2.37 bits per heavy atom. The molecule has 0 spiro atoms. The van der Waals surface area contributed by atoms with Gasteiger partial charge in [-0.1, -0.05) is 11.6 Å². The standard InChI is InChI=1S/C21H21ClF2N2O4/c1-29-16-5-2-13(3-6-16)19(27)14-8-10-26(11-9-14)21(28)25-15-4-7-18(17(22)12-15)30-20(23)24/h2-7,12,14,20H,8-11H2,1H3,(H,25,28). The van der Waals surface area contributed by atoms with Gasteiger partial charge in [0.1, 0.15) is 11.5 Å². The SMILES string of the molecule is COc1ccc(C(=O)C2CCN(C(=O)Nc3ccc(OC(F)F)c(Cl)c3)CC2)cc1. The number of Topliss-reactive ketones (excluding diaryl/α,β-unsaturated/α-hetero) is 1. The van der Waals surface area contributed by atoms with Gasteiger partial charge in [-0.3, -0.25) is 4.79 Å².